The number of aryl methyl sites for hydroxylation is 1. The molecule has 4 atom stereocenters. The van der Waals surface area contributed by atoms with Gasteiger partial charge in [0.1, 0.15) is 41.4 Å². The molecule has 0 unspecified atom stereocenters. The maximum absolute atomic E-state index is 16.9. The van der Waals surface area contributed by atoms with E-state index >= 15 is 8.78 Å². The number of alkyl halides is 1. The van der Waals surface area contributed by atoms with Crippen LogP contribution in [0.25, 0.3) is 32.9 Å². The van der Waals surface area contributed by atoms with Crippen molar-refractivity contribution in [1.82, 2.24) is 19.9 Å². The molecule has 0 bridgehead atoms. The molecule has 2 aliphatic heterocycles. The average Bonchev–Trinajstić information content (AvgIpc) is 3.67. The van der Waals surface area contributed by atoms with Gasteiger partial charge in [-0.2, -0.15) is 9.97 Å². The molecule has 0 radical (unpaired) electrons. The van der Waals surface area contributed by atoms with Crippen molar-refractivity contribution in [3.8, 4) is 23.0 Å². The summed E-state index contributed by atoms with van der Waals surface area (Å²) in [6.45, 7) is 3.50. The van der Waals surface area contributed by atoms with Gasteiger partial charge >= 0.3 is 12.0 Å². The Morgan fingerprint density at radius 1 is 1.17 bits per heavy atom. The van der Waals surface area contributed by atoms with Crippen LogP contribution in [-0.4, -0.2) is 84.8 Å². The highest BCUT2D eigenvalue weighted by atomic mass is 19.1. The molecule has 2 aromatic carbocycles. The van der Waals surface area contributed by atoms with Crippen LogP contribution in [-0.2, 0) is 20.7 Å². The second kappa shape index (κ2) is 13.0. The van der Waals surface area contributed by atoms with E-state index in [4.69, 9.17) is 18.9 Å². The number of fused-ring (bicyclic) bond motifs is 3. The molecule has 4 heterocycles. The number of ether oxygens (including phenoxy) is 4. The number of nitrogens with one attached hydrogen (secondary N) is 1. The van der Waals surface area contributed by atoms with Gasteiger partial charge in [-0.25, -0.2) is 13.2 Å². The summed E-state index contributed by atoms with van der Waals surface area (Å²) in [5, 5.41) is 4.73. The lowest BCUT2D eigenvalue weighted by atomic mass is 9.94. The molecule has 1 N–H and O–H groups in total. The number of rotatable bonds is 12. The largest absolute Gasteiger partial charge is 0.469 e. The number of nitrogens with zero attached hydrogens (tertiary/aromatic N) is 4. The van der Waals surface area contributed by atoms with Crippen LogP contribution in [0.3, 0.4) is 0 Å². The first-order valence-electron chi connectivity index (χ1n) is 16.3. The highest BCUT2D eigenvalue weighted by Crippen LogP contribution is 2.43. The van der Waals surface area contributed by atoms with Crippen LogP contribution in [0.2, 0.25) is 0 Å². The highest BCUT2D eigenvalue weighted by Gasteiger charge is 2.49. The fraction of sp³-hybridized carbons (Fsp3) is 0.486. The van der Waals surface area contributed by atoms with Crippen molar-refractivity contribution in [3.05, 3.63) is 47.7 Å². The molecule has 13 heteroatoms. The number of carbonyl (C=O) groups excluding carboxylic acids is 1. The molecule has 2 saturated heterocycles. The van der Waals surface area contributed by atoms with Crippen molar-refractivity contribution in [2.24, 2.45) is 11.8 Å². The lowest BCUT2D eigenvalue weighted by molar-refractivity contribution is -0.142. The summed E-state index contributed by atoms with van der Waals surface area (Å²) in [4.78, 5) is 27.8. The summed E-state index contributed by atoms with van der Waals surface area (Å²) < 4.78 is 68.3. The molecular formula is C35H38F3N5O5. The Morgan fingerprint density at radius 2 is 2.02 bits per heavy atom. The lowest BCUT2D eigenvalue weighted by Crippen LogP contribution is -2.43. The van der Waals surface area contributed by atoms with Crippen molar-refractivity contribution in [2.75, 3.05) is 52.6 Å². The summed E-state index contributed by atoms with van der Waals surface area (Å²) in [5.74, 6) is -0.925. The predicted molar refractivity (Wildman–Crippen MR) is 173 cm³/mol. The number of esters is 1. The van der Waals surface area contributed by atoms with Crippen LogP contribution in [0.15, 0.2) is 30.5 Å². The number of pyridine rings is 1. The van der Waals surface area contributed by atoms with Crippen LogP contribution in [0.1, 0.15) is 38.2 Å². The van der Waals surface area contributed by atoms with Gasteiger partial charge in [0.05, 0.1) is 24.0 Å². The Bertz CT molecular complexity index is 1880. The Hall–Kier alpha value is -4.23. The molecule has 2 aromatic heterocycles. The van der Waals surface area contributed by atoms with Crippen molar-refractivity contribution in [1.29, 1.82) is 0 Å². The van der Waals surface area contributed by atoms with Crippen molar-refractivity contribution < 1.29 is 36.9 Å². The number of benzene rings is 2. The first-order chi connectivity index (χ1) is 23.2. The fourth-order valence-corrected chi connectivity index (χ4v) is 7.44. The highest BCUT2D eigenvalue weighted by molar-refractivity contribution is 6.01. The van der Waals surface area contributed by atoms with E-state index in [0.717, 1.165) is 19.4 Å². The van der Waals surface area contributed by atoms with E-state index < -0.39 is 23.3 Å². The molecule has 7 rings (SSSR count). The average molecular weight is 666 g/mol. The molecule has 4 aromatic rings. The first-order valence-corrected chi connectivity index (χ1v) is 16.3. The topological polar surface area (TPSA) is 108 Å². The second-order valence-electron chi connectivity index (χ2n) is 12.9. The molecule has 0 amide bonds. The van der Waals surface area contributed by atoms with E-state index in [-0.39, 0.29) is 48.4 Å². The third-order valence-corrected chi connectivity index (χ3v) is 9.95. The van der Waals surface area contributed by atoms with Gasteiger partial charge in [0.15, 0.2) is 12.6 Å². The molecule has 0 spiro atoms. The second-order valence-corrected chi connectivity index (χ2v) is 12.9. The third-order valence-electron chi connectivity index (χ3n) is 9.95. The molecule has 3 aliphatic rings. The molecule has 3 fully saturated rings. The van der Waals surface area contributed by atoms with Crippen molar-refractivity contribution >= 4 is 33.5 Å². The van der Waals surface area contributed by atoms with Crippen molar-refractivity contribution in [2.45, 2.75) is 50.7 Å². The van der Waals surface area contributed by atoms with Gasteiger partial charge in [-0.15, -0.1) is 0 Å². The minimum absolute atomic E-state index is 0.0263. The number of hydrogen-bond donors (Lipinski definition) is 1. The van der Waals surface area contributed by atoms with Crippen LogP contribution in [0.4, 0.5) is 19.0 Å². The standard InChI is InChI=1S/C35H38F3N5O5/c1-4-23-27(37)7-6-19-10-22(48-18-45-2)12-25(28(19)23)30-29(38)31-26(15-39-30)32(40-14-20-11-24(20)33(44)46-3)42-34(41-31)47-17-35-8-5-9-43(35)16-21(36)13-35/h6-7,10,12,15,20-21,24H,4-5,8-9,11,13-14,16-18H2,1-3H3,(H,40,41,42)/t20-,21+,24+,35-/m0/s1. The maximum Gasteiger partial charge on any atom is 0.319 e. The maximum atomic E-state index is 16.9. The summed E-state index contributed by atoms with van der Waals surface area (Å²) in [6.07, 6.45) is 3.65. The Labute approximate surface area is 275 Å². The Balaban J connectivity index is 1.32. The van der Waals surface area contributed by atoms with Gasteiger partial charge in [0.2, 0.25) is 0 Å². The van der Waals surface area contributed by atoms with Gasteiger partial charge < -0.3 is 24.3 Å². The van der Waals surface area contributed by atoms with E-state index in [1.54, 1.807) is 18.2 Å². The zero-order valence-electron chi connectivity index (χ0n) is 27.2. The van der Waals surface area contributed by atoms with Crippen LogP contribution < -0.4 is 14.8 Å². The van der Waals surface area contributed by atoms with Crippen molar-refractivity contribution in [3.63, 3.8) is 0 Å². The lowest BCUT2D eigenvalue weighted by Gasteiger charge is -2.30. The molecule has 1 saturated carbocycles. The normalized spacial score (nSPS) is 23.4. The third kappa shape index (κ3) is 5.87. The molecule has 1 aliphatic carbocycles. The number of halogens is 3. The summed E-state index contributed by atoms with van der Waals surface area (Å²) in [7, 11) is 2.85. The quantitative estimate of drug-likeness (QED) is 0.146. The van der Waals surface area contributed by atoms with E-state index in [0.29, 0.717) is 71.2 Å². The van der Waals surface area contributed by atoms with Crippen LogP contribution in [0.5, 0.6) is 11.8 Å². The van der Waals surface area contributed by atoms with E-state index in [9.17, 15) is 9.18 Å². The summed E-state index contributed by atoms with van der Waals surface area (Å²) in [6, 6.07) is 6.32. The zero-order valence-corrected chi connectivity index (χ0v) is 27.2. The molecule has 48 heavy (non-hydrogen) atoms. The van der Waals surface area contributed by atoms with Gasteiger partial charge in [0, 0.05) is 38.4 Å². The van der Waals surface area contributed by atoms with Crippen LogP contribution in [0, 0.1) is 23.5 Å². The van der Waals surface area contributed by atoms with Gasteiger partial charge in [-0.1, -0.05) is 13.0 Å². The minimum Gasteiger partial charge on any atom is -0.469 e. The molecular weight excluding hydrogens is 627 g/mol. The number of aromatic nitrogens is 3. The zero-order chi connectivity index (χ0) is 33.6. The Kier molecular flexibility index (Phi) is 8.75. The summed E-state index contributed by atoms with van der Waals surface area (Å²) in [5.41, 5.74) is 0.204. The Morgan fingerprint density at radius 3 is 2.81 bits per heavy atom. The van der Waals surface area contributed by atoms with Gasteiger partial charge in [-0.3, -0.25) is 14.7 Å². The van der Waals surface area contributed by atoms with E-state index in [1.165, 1.54) is 26.5 Å². The van der Waals surface area contributed by atoms with E-state index in [2.05, 4.69) is 25.2 Å². The number of anilines is 1. The number of carbonyl (C=O) groups is 1. The fourth-order valence-electron chi connectivity index (χ4n) is 7.44. The first kappa shape index (κ1) is 32.3. The summed E-state index contributed by atoms with van der Waals surface area (Å²) >= 11 is 0. The van der Waals surface area contributed by atoms with Crippen LogP contribution >= 0.6 is 0 Å². The number of methoxy groups -OCH3 is 2. The smallest absolute Gasteiger partial charge is 0.319 e. The monoisotopic (exact) mass is 665 g/mol. The predicted octanol–water partition coefficient (Wildman–Crippen LogP) is 5.84. The minimum atomic E-state index is -0.938. The van der Waals surface area contributed by atoms with Gasteiger partial charge in [0.25, 0.3) is 0 Å². The van der Waals surface area contributed by atoms with Gasteiger partial charge in [-0.05, 0) is 72.7 Å². The number of hydrogen-bond acceptors (Lipinski definition) is 10. The molecule has 10 nitrogen and oxygen atoms in total. The SMILES string of the molecule is CCc1c(F)ccc2cc(OCOC)cc(-c3ncc4c(NC[C@@H]5C[C@H]5C(=O)OC)nc(OC[C@@]56CCCN5C[C@H](F)C6)nc4c3F)c12. The molecule has 254 valence electrons. The van der Waals surface area contributed by atoms with E-state index in [1.807, 2.05) is 6.92 Å².